The van der Waals surface area contributed by atoms with Gasteiger partial charge in [-0.05, 0) is 36.6 Å². The second kappa shape index (κ2) is 9.28. The summed E-state index contributed by atoms with van der Waals surface area (Å²) < 4.78 is 5.02. The van der Waals surface area contributed by atoms with Crippen molar-refractivity contribution in [3.63, 3.8) is 0 Å². The first-order valence-corrected chi connectivity index (χ1v) is 9.70. The molecule has 0 unspecified atom stereocenters. The Morgan fingerprint density at radius 3 is 2.54 bits per heavy atom. The molecule has 3 rings (SSSR count). The number of benzene rings is 1. The first-order valence-electron chi connectivity index (χ1n) is 9.70. The van der Waals surface area contributed by atoms with Crippen molar-refractivity contribution < 1.29 is 14.6 Å². The number of amides is 1. The van der Waals surface area contributed by atoms with Gasteiger partial charge in [-0.25, -0.2) is 0 Å². The molecule has 1 amide bonds. The standard InChI is InChI=1S/C22H29N3O3/c1-15(2)25(21(27)14-28-3)12-19-22(20(13-26)24-19)17-8-6-16(7-9-17)18-5-4-10-23-11-18/h4-11,15,19-20,22,24,26H,12-14H2,1-3H3/t19-,20+,22-/m1/s1. The van der Waals surface area contributed by atoms with Crippen LogP contribution in [-0.2, 0) is 9.53 Å². The molecule has 1 aromatic heterocycles. The predicted molar refractivity (Wildman–Crippen MR) is 109 cm³/mol. The largest absolute Gasteiger partial charge is 0.395 e. The average molecular weight is 383 g/mol. The average Bonchev–Trinajstić information content (AvgIpc) is 2.68. The summed E-state index contributed by atoms with van der Waals surface area (Å²) in [5, 5.41) is 13.1. The van der Waals surface area contributed by atoms with Crippen molar-refractivity contribution in [1.82, 2.24) is 15.2 Å². The molecule has 2 N–H and O–H groups in total. The van der Waals surface area contributed by atoms with E-state index in [4.69, 9.17) is 4.74 Å². The van der Waals surface area contributed by atoms with Crippen LogP contribution < -0.4 is 5.32 Å². The number of rotatable bonds is 8. The molecule has 0 radical (unpaired) electrons. The van der Waals surface area contributed by atoms with Crippen LogP contribution in [-0.4, -0.2) is 65.9 Å². The number of hydrogen-bond donors (Lipinski definition) is 2. The maximum absolute atomic E-state index is 12.4. The Labute approximate surface area is 166 Å². The Morgan fingerprint density at radius 2 is 1.96 bits per heavy atom. The van der Waals surface area contributed by atoms with E-state index in [0.717, 1.165) is 11.1 Å². The molecular weight excluding hydrogens is 354 g/mol. The third kappa shape index (κ3) is 4.41. The van der Waals surface area contributed by atoms with Gasteiger partial charge in [0.25, 0.3) is 0 Å². The van der Waals surface area contributed by atoms with Gasteiger partial charge in [-0.15, -0.1) is 0 Å². The lowest BCUT2D eigenvalue weighted by atomic mass is 9.77. The minimum Gasteiger partial charge on any atom is -0.395 e. The molecule has 3 atom stereocenters. The van der Waals surface area contributed by atoms with Gasteiger partial charge in [-0.2, -0.15) is 0 Å². The van der Waals surface area contributed by atoms with Crippen LogP contribution in [0.2, 0.25) is 0 Å². The maximum atomic E-state index is 12.4. The molecule has 150 valence electrons. The Morgan fingerprint density at radius 1 is 1.21 bits per heavy atom. The topological polar surface area (TPSA) is 74.7 Å². The lowest BCUT2D eigenvalue weighted by Crippen LogP contribution is -2.65. The monoisotopic (exact) mass is 383 g/mol. The first kappa shape index (κ1) is 20.5. The number of methoxy groups -OCH3 is 1. The van der Waals surface area contributed by atoms with Crippen molar-refractivity contribution in [1.29, 1.82) is 0 Å². The fraction of sp³-hybridized carbons (Fsp3) is 0.455. The molecule has 0 saturated carbocycles. The van der Waals surface area contributed by atoms with Crippen LogP contribution in [0, 0.1) is 0 Å². The van der Waals surface area contributed by atoms with Gasteiger partial charge in [0.1, 0.15) is 6.61 Å². The van der Waals surface area contributed by atoms with Gasteiger partial charge >= 0.3 is 0 Å². The molecule has 1 saturated heterocycles. The van der Waals surface area contributed by atoms with E-state index in [2.05, 4.69) is 34.6 Å². The van der Waals surface area contributed by atoms with Crippen molar-refractivity contribution in [2.45, 2.75) is 37.9 Å². The van der Waals surface area contributed by atoms with Crippen LogP contribution >= 0.6 is 0 Å². The van der Waals surface area contributed by atoms with Gasteiger partial charge in [-0.3, -0.25) is 9.78 Å². The second-order valence-corrected chi connectivity index (χ2v) is 7.52. The van der Waals surface area contributed by atoms with Crippen LogP contribution in [0.25, 0.3) is 11.1 Å². The predicted octanol–water partition coefficient (Wildman–Crippen LogP) is 2.05. The van der Waals surface area contributed by atoms with Crippen molar-refractivity contribution in [2.24, 2.45) is 0 Å². The summed E-state index contributed by atoms with van der Waals surface area (Å²) in [5.41, 5.74) is 3.35. The number of hydrogen-bond acceptors (Lipinski definition) is 5. The summed E-state index contributed by atoms with van der Waals surface area (Å²) >= 11 is 0. The number of carbonyl (C=O) groups is 1. The van der Waals surface area contributed by atoms with Crippen LogP contribution in [0.3, 0.4) is 0 Å². The number of pyridine rings is 1. The van der Waals surface area contributed by atoms with E-state index in [1.165, 1.54) is 12.7 Å². The molecule has 2 aromatic rings. The Bertz CT molecular complexity index is 764. The fourth-order valence-electron chi connectivity index (χ4n) is 3.89. The van der Waals surface area contributed by atoms with E-state index in [-0.39, 0.29) is 43.2 Å². The summed E-state index contributed by atoms with van der Waals surface area (Å²) in [6, 6.07) is 12.6. The van der Waals surface area contributed by atoms with Crippen LogP contribution in [0.15, 0.2) is 48.8 Å². The van der Waals surface area contributed by atoms with E-state index in [0.29, 0.717) is 6.54 Å². The molecule has 1 aliphatic heterocycles. The van der Waals surface area contributed by atoms with Crippen molar-refractivity contribution >= 4 is 5.91 Å². The normalized spacial score (nSPS) is 21.4. The van der Waals surface area contributed by atoms with Gasteiger partial charge in [0.15, 0.2) is 0 Å². The molecule has 6 nitrogen and oxygen atoms in total. The third-order valence-corrected chi connectivity index (χ3v) is 5.39. The first-order chi connectivity index (χ1) is 13.5. The highest BCUT2D eigenvalue weighted by Gasteiger charge is 2.42. The SMILES string of the molecule is COCC(=O)N(C[C@H]1N[C@@H](CO)[C@@H]1c1ccc(-c2cccnc2)cc1)C(C)C. The van der Waals surface area contributed by atoms with E-state index < -0.39 is 0 Å². The minimum absolute atomic E-state index is 0.000723. The Kier molecular flexibility index (Phi) is 6.78. The van der Waals surface area contributed by atoms with Crippen LogP contribution in [0.1, 0.15) is 25.3 Å². The lowest BCUT2D eigenvalue weighted by Gasteiger charge is -2.48. The summed E-state index contributed by atoms with van der Waals surface area (Å²) in [6.45, 7) is 4.75. The number of aliphatic hydroxyl groups is 1. The van der Waals surface area contributed by atoms with Gasteiger partial charge in [-0.1, -0.05) is 30.3 Å². The number of carbonyl (C=O) groups excluding carboxylic acids is 1. The zero-order chi connectivity index (χ0) is 20.1. The summed E-state index contributed by atoms with van der Waals surface area (Å²) in [7, 11) is 1.53. The van der Waals surface area contributed by atoms with Crippen LogP contribution in [0.5, 0.6) is 0 Å². The maximum Gasteiger partial charge on any atom is 0.248 e. The van der Waals surface area contributed by atoms with E-state index >= 15 is 0 Å². The van der Waals surface area contributed by atoms with Crippen molar-refractivity contribution in [3.8, 4) is 11.1 Å². The van der Waals surface area contributed by atoms with E-state index in [1.54, 1.807) is 6.20 Å². The Hall–Kier alpha value is -2.28. The van der Waals surface area contributed by atoms with Gasteiger partial charge < -0.3 is 20.1 Å². The fourth-order valence-corrected chi connectivity index (χ4v) is 3.89. The highest BCUT2D eigenvalue weighted by atomic mass is 16.5. The molecular formula is C22H29N3O3. The highest BCUT2D eigenvalue weighted by molar-refractivity contribution is 5.77. The van der Waals surface area contributed by atoms with E-state index in [9.17, 15) is 9.90 Å². The zero-order valence-corrected chi connectivity index (χ0v) is 16.7. The quantitative estimate of drug-likeness (QED) is 0.730. The molecule has 0 aliphatic carbocycles. The molecule has 1 fully saturated rings. The number of ether oxygens (including phenoxy) is 1. The molecule has 1 aliphatic rings. The van der Waals surface area contributed by atoms with E-state index in [1.807, 2.05) is 37.1 Å². The van der Waals surface area contributed by atoms with Crippen LogP contribution in [0.4, 0.5) is 0 Å². The number of nitrogens with one attached hydrogen (secondary N) is 1. The molecule has 28 heavy (non-hydrogen) atoms. The summed E-state index contributed by atoms with van der Waals surface area (Å²) in [5.74, 6) is 0.141. The molecule has 0 bridgehead atoms. The summed E-state index contributed by atoms with van der Waals surface area (Å²) in [4.78, 5) is 18.4. The van der Waals surface area contributed by atoms with Gasteiger partial charge in [0.05, 0.1) is 6.61 Å². The summed E-state index contributed by atoms with van der Waals surface area (Å²) in [6.07, 6.45) is 3.61. The molecule has 6 heteroatoms. The second-order valence-electron chi connectivity index (χ2n) is 7.52. The van der Waals surface area contributed by atoms with Gasteiger partial charge in [0.2, 0.25) is 5.91 Å². The molecule has 1 aromatic carbocycles. The van der Waals surface area contributed by atoms with Crippen molar-refractivity contribution in [2.75, 3.05) is 26.9 Å². The minimum atomic E-state index is -0.0163. The van der Waals surface area contributed by atoms with Crippen molar-refractivity contribution in [3.05, 3.63) is 54.4 Å². The highest BCUT2D eigenvalue weighted by Crippen LogP contribution is 2.34. The molecule has 2 heterocycles. The smallest absolute Gasteiger partial charge is 0.248 e. The number of aliphatic hydroxyl groups excluding tert-OH is 1. The van der Waals surface area contributed by atoms with Gasteiger partial charge in [0, 0.05) is 50.1 Å². The lowest BCUT2D eigenvalue weighted by molar-refractivity contribution is -0.138. The zero-order valence-electron chi connectivity index (χ0n) is 16.7. The third-order valence-electron chi connectivity index (χ3n) is 5.39. The number of nitrogens with zero attached hydrogens (tertiary/aromatic N) is 2. The molecule has 0 spiro atoms. The number of aromatic nitrogens is 1. The Balaban J connectivity index is 1.75.